The van der Waals surface area contributed by atoms with Crippen molar-refractivity contribution in [1.82, 2.24) is 9.80 Å². The van der Waals surface area contributed by atoms with Gasteiger partial charge < -0.3 is 20.0 Å². The summed E-state index contributed by atoms with van der Waals surface area (Å²) in [6.45, 7) is 20.6. The Morgan fingerprint density at radius 2 is 1.89 bits per heavy atom. The number of aliphatic hydroxyl groups is 1. The fraction of sp³-hybridized carbons (Fsp3) is 0.821. The van der Waals surface area contributed by atoms with Crippen LogP contribution in [0, 0.1) is 29.1 Å². The second kappa shape index (κ2) is 9.97. The van der Waals surface area contributed by atoms with Crippen LogP contribution in [0.3, 0.4) is 0 Å². The van der Waals surface area contributed by atoms with Crippen LogP contribution >= 0.6 is 11.8 Å². The number of hydrogen-bond acceptors (Lipinski definition) is 5. The first kappa shape index (κ1) is 29.0. The monoisotopic (exact) mass is 522 g/mol. The van der Waals surface area contributed by atoms with Gasteiger partial charge in [-0.25, -0.2) is 0 Å². The van der Waals surface area contributed by atoms with Crippen molar-refractivity contribution >= 4 is 29.5 Å². The molecule has 2 bridgehead atoms. The second-order valence-corrected chi connectivity index (χ2v) is 14.9. The number of rotatable bonds is 10. The maximum Gasteiger partial charge on any atom is 0.308 e. The minimum Gasteiger partial charge on any atom is -0.481 e. The fourth-order valence-corrected chi connectivity index (χ4v) is 9.94. The molecule has 0 aliphatic carbocycles. The van der Waals surface area contributed by atoms with Gasteiger partial charge in [0.2, 0.25) is 11.8 Å². The van der Waals surface area contributed by atoms with E-state index in [9.17, 15) is 24.6 Å². The summed E-state index contributed by atoms with van der Waals surface area (Å²) >= 11 is 1.55. The number of aliphatic carboxylic acids is 1. The third-order valence-electron chi connectivity index (χ3n) is 8.32. The van der Waals surface area contributed by atoms with Gasteiger partial charge in [0, 0.05) is 17.3 Å². The summed E-state index contributed by atoms with van der Waals surface area (Å²) in [4.78, 5) is 44.7. The van der Waals surface area contributed by atoms with Gasteiger partial charge in [0.15, 0.2) is 0 Å². The molecule has 3 fully saturated rings. The molecule has 0 aromatic heterocycles. The minimum atomic E-state index is -0.965. The molecule has 1 spiro atoms. The second-order valence-electron chi connectivity index (χ2n) is 13.4. The zero-order valence-electron chi connectivity index (χ0n) is 23.3. The van der Waals surface area contributed by atoms with Crippen LogP contribution in [0.5, 0.6) is 0 Å². The molecular formula is C28H46N2O5S. The summed E-state index contributed by atoms with van der Waals surface area (Å²) < 4.78 is -0.816. The van der Waals surface area contributed by atoms with E-state index in [4.69, 9.17) is 0 Å². The molecule has 36 heavy (non-hydrogen) atoms. The molecule has 0 radical (unpaired) electrons. The number of carboxylic acids is 1. The van der Waals surface area contributed by atoms with Crippen LogP contribution in [0.4, 0.5) is 0 Å². The van der Waals surface area contributed by atoms with Crippen molar-refractivity contribution < 1.29 is 24.6 Å². The van der Waals surface area contributed by atoms with E-state index in [0.717, 1.165) is 6.42 Å². The third kappa shape index (κ3) is 4.72. The summed E-state index contributed by atoms with van der Waals surface area (Å²) in [6.07, 6.45) is 3.68. The maximum atomic E-state index is 14.7. The summed E-state index contributed by atoms with van der Waals surface area (Å²) in [5, 5.41) is 20.4. The first-order valence-corrected chi connectivity index (χ1v) is 14.2. The first-order chi connectivity index (χ1) is 16.5. The number of aliphatic hydroxyl groups excluding tert-OH is 1. The van der Waals surface area contributed by atoms with Crippen molar-refractivity contribution in [1.29, 1.82) is 0 Å². The minimum absolute atomic E-state index is 0.00528. The number of fused-ring (bicyclic) bond motifs is 1. The van der Waals surface area contributed by atoms with E-state index >= 15 is 0 Å². The van der Waals surface area contributed by atoms with E-state index in [1.165, 1.54) is 0 Å². The summed E-state index contributed by atoms with van der Waals surface area (Å²) in [7, 11) is 0. The average Bonchev–Trinajstić information content (AvgIpc) is 3.31. The van der Waals surface area contributed by atoms with Gasteiger partial charge in [-0.15, -0.1) is 18.3 Å². The molecule has 8 heteroatoms. The predicted octanol–water partition coefficient (Wildman–Crippen LogP) is 4.04. The third-order valence-corrected chi connectivity index (χ3v) is 10.4. The Balaban J connectivity index is 2.18. The number of hydrogen-bond donors (Lipinski definition) is 2. The molecule has 3 aliphatic heterocycles. The Hall–Kier alpha value is -1.54. The van der Waals surface area contributed by atoms with Crippen LogP contribution in [0.15, 0.2) is 12.7 Å². The molecule has 7 nitrogen and oxygen atoms in total. The van der Waals surface area contributed by atoms with Gasteiger partial charge in [-0.3, -0.25) is 14.4 Å². The molecule has 2 amide bonds. The van der Waals surface area contributed by atoms with Crippen molar-refractivity contribution in [2.24, 2.45) is 29.1 Å². The van der Waals surface area contributed by atoms with E-state index in [1.807, 2.05) is 18.7 Å². The van der Waals surface area contributed by atoms with Crippen LogP contribution in [0.1, 0.15) is 74.7 Å². The van der Waals surface area contributed by atoms with Crippen molar-refractivity contribution in [3.63, 3.8) is 0 Å². The molecule has 2 N–H and O–H groups in total. The lowest BCUT2D eigenvalue weighted by molar-refractivity contribution is -0.151. The van der Waals surface area contributed by atoms with Crippen LogP contribution in [-0.2, 0) is 14.4 Å². The fourth-order valence-electron chi connectivity index (χ4n) is 7.54. The number of carbonyl (C=O) groups excluding carboxylic acids is 2. The lowest BCUT2D eigenvalue weighted by Crippen LogP contribution is -2.62. The van der Waals surface area contributed by atoms with Crippen molar-refractivity contribution in [3.05, 3.63) is 12.7 Å². The predicted molar refractivity (Wildman–Crippen MR) is 144 cm³/mol. The highest BCUT2D eigenvalue weighted by atomic mass is 32.2. The van der Waals surface area contributed by atoms with Gasteiger partial charge >= 0.3 is 5.97 Å². The Kier molecular flexibility index (Phi) is 8.04. The van der Waals surface area contributed by atoms with Gasteiger partial charge in [0.05, 0.1) is 29.2 Å². The van der Waals surface area contributed by atoms with Gasteiger partial charge in [0.25, 0.3) is 0 Å². The lowest BCUT2D eigenvalue weighted by Gasteiger charge is -2.47. The Morgan fingerprint density at radius 1 is 1.28 bits per heavy atom. The van der Waals surface area contributed by atoms with Crippen molar-refractivity contribution in [2.45, 2.75) is 102 Å². The highest BCUT2D eigenvalue weighted by molar-refractivity contribution is 8.02. The van der Waals surface area contributed by atoms with E-state index < -0.39 is 40.2 Å². The van der Waals surface area contributed by atoms with E-state index in [0.29, 0.717) is 19.4 Å². The topological polar surface area (TPSA) is 98.2 Å². The number of nitrogens with zero attached hydrogens (tertiary/aromatic N) is 2. The molecule has 3 heterocycles. The van der Waals surface area contributed by atoms with Crippen LogP contribution in [-0.4, -0.2) is 78.6 Å². The molecule has 3 rings (SSSR count). The molecule has 0 aromatic carbocycles. The van der Waals surface area contributed by atoms with E-state index in [-0.39, 0.29) is 40.9 Å². The zero-order valence-corrected chi connectivity index (χ0v) is 24.1. The Bertz CT molecular complexity index is 897. The maximum absolute atomic E-state index is 14.7. The number of likely N-dealkylation sites (tertiary alicyclic amines) is 1. The Labute approximate surface area is 221 Å². The Morgan fingerprint density at radius 3 is 2.36 bits per heavy atom. The smallest absolute Gasteiger partial charge is 0.308 e. The van der Waals surface area contributed by atoms with Crippen LogP contribution in [0.25, 0.3) is 0 Å². The molecular weight excluding hydrogens is 476 g/mol. The molecule has 3 unspecified atom stereocenters. The summed E-state index contributed by atoms with van der Waals surface area (Å²) in [5.74, 6) is -2.78. The van der Waals surface area contributed by atoms with Crippen molar-refractivity contribution in [3.8, 4) is 0 Å². The summed E-state index contributed by atoms with van der Waals surface area (Å²) in [5.41, 5.74) is -0.556. The van der Waals surface area contributed by atoms with Gasteiger partial charge in [-0.2, -0.15) is 0 Å². The highest BCUT2D eigenvalue weighted by Gasteiger charge is 2.77. The molecule has 0 saturated carbocycles. The standard InChI is InChI=1S/C28H46N2O5S/c1-10-11-29(27(8,9)15-26(5,6)7)24(33)22-28-17(4)13-19(36-28)20(25(34)35)21(28)23(32)30(22)18(14-31)12-16(2)3/h10,16-22,31H,1,11-15H2,2-9H3,(H,34,35)/t17?,18-,19-,20+,21+,22?,28?/m1/s1. The average molecular weight is 523 g/mol. The normalized spacial score (nSPS) is 32.7. The number of carbonyl (C=O) groups is 3. The van der Waals surface area contributed by atoms with Gasteiger partial charge in [-0.1, -0.05) is 47.6 Å². The quantitative estimate of drug-likeness (QED) is 0.420. The summed E-state index contributed by atoms with van der Waals surface area (Å²) in [6, 6.07) is -1.36. The van der Waals surface area contributed by atoms with Gasteiger partial charge in [-0.05, 0) is 50.4 Å². The van der Waals surface area contributed by atoms with Crippen LogP contribution in [0.2, 0.25) is 0 Å². The lowest BCUT2D eigenvalue weighted by atomic mass is 9.66. The molecule has 3 saturated heterocycles. The van der Waals surface area contributed by atoms with Crippen LogP contribution < -0.4 is 0 Å². The number of thioether (sulfide) groups is 1. The molecule has 0 aromatic rings. The largest absolute Gasteiger partial charge is 0.481 e. The number of amides is 2. The first-order valence-electron chi connectivity index (χ1n) is 13.3. The molecule has 7 atom stereocenters. The van der Waals surface area contributed by atoms with E-state index in [1.54, 1.807) is 22.7 Å². The molecule has 3 aliphatic rings. The van der Waals surface area contributed by atoms with Crippen molar-refractivity contribution in [2.75, 3.05) is 13.2 Å². The number of carboxylic acid groups (broad SMARTS) is 1. The SMILES string of the molecule is C=CCN(C(=O)C1N([C@@H](CO)CC(C)C)C(=O)[C@@H]2[C@@H](C(=O)O)[C@H]3CC(C)C12S3)C(C)(C)CC(C)(C)C. The zero-order chi connectivity index (χ0) is 27.4. The van der Waals surface area contributed by atoms with Gasteiger partial charge in [0.1, 0.15) is 6.04 Å². The van der Waals surface area contributed by atoms with E-state index in [2.05, 4.69) is 48.1 Å². The molecule has 204 valence electrons. The highest BCUT2D eigenvalue weighted by Crippen LogP contribution is 2.69.